The molecule has 2 atom stereocenters. The minimum absolute atomic E-state index is 0.128. The van der Waals surface area contributed by atoms with E-state index in [9.17, 15) is 4.79 Å². The Morgan fingerprint density at radius 2 is 1.56 bits per heavy atom. The molecule has 0 N–H and O–H groups in total. The summed E-state index contributed by atoms with van der Waals surface area (Å²) in [7, 11) is 0. The summed E-state index contributed by atoms with van der Waals surface area (Å²) < 4.78 is 0. The van der Waals surface area contributed by atoms with E-state index in [1.54, 1.807) is 0 Å². The van der Waals surface area contributed by atoms with Crippen LogP contribution in [-0.2, 0) is 4.79 Å². The molecule has 0 spiro atoms. The molecular weight excluding hydrogens is 356 g/mol. The molecule has 3 nitrogen and oxygen atoms in total. The minimum Gasteiger partial charge on any atom is -0.340 e. The SMILES string of the molecule is CCC[C@H](C)C(=O)N1CCN([C@H](c2ccccc2)c2ccc(Cl)cc2)CC1. The molecule has 1 aliphatic heterocycles. The van der Waals surface area contributed by atoms with Crippen molar-refractivity contribution in [3.8, 4) is 0 Å². The van der Waals surface area contributed by atoms with Gasteiger partial charge in [-0.25, -0.2) is 0 Å². The lowest BCUT2D eigenvalue weighted by Crippen LogP contribution is -2.51. The number of benzene rings is 2. The van der Waals surface area contributed by atoms with E-state index in [4.69, 9.17) is 11.6 Å². The maximum atomic E-state index is 12.6. The van der Waals surface area contributed by atoms with Crippen LogP contribution in [0.3, 0.4) is 0 Å². The first-order chi connectivity index (χ1) is 13.1. The van der Waals surface area contributed by atoms with Crippen molar-refractivity contribution in [2.75, 3.05) is 26.2 Å². The number of rotatable bonds is 6. The van der Waals surface area contributed by atoms with Crippen molar-refractivity contribution in [2.24, 2.45) is 5.92 Å². The lowest BCUT2D eigenvalue weighted by atomic mass is 9.96. The molecule has 0 unspecified atom stereocenters. The monoisotopic (exact) mass is 384 g/mol. The molecule has 1 fully saturated rings. The van der Waals surface area contributed by atoms with E-state index in [0.29, 0.717) is 5.91 Å². The Morgan fingerprint density at radius 3 is 2.15 bits per heavy atom. The van der Waals surface area contributed by atoms with Gasteiger partial charge >= 0.3 is 0 Å². The van der Waals surface area contributed by atoms with Crippen molar-refractivity contribution < 1.29 is 4.79 Å². The average Bonchev–Trinajstić information content (AvgIpc) is 2.71. The minimum atomic E-state index is 0.128. The molecule has 0 bridgehead atoms. The molecule has 0 saturated carbocycles. The van der Waals surface area contributed by atoms with Crippen molar-refractivity contribution >= 4 is 17.5 Å². The van der Waals surface area contributed by atoms with Gasteiger partial charge in [0.25, 0.3) is 0 Å². The molecule has 0 aliphatic carbocycles. The fraction of sp³-hybridized carbons (Fsp3) is 0.435. The Morgan fingerprint density at radius 1 is 0.963 bits per heavy atom. The summed E-state index contributed by atoms with van der Waals surface area (Å²) in [4.78, 5) is 17.2. The van der Waals surface area contributed by atoms with Gasteiger partial charge in [-0.3, -0.25) is 9.69 Å². The van der Waals surface area contributed by atoms with Crippen molar-refractivity contribution in [2.45, 2.75) is 32.7 Å². The Labute approximate surface area is 167 Å². The third kappa shape index (κ3) is 4.91. The maximum absolute atomic E-state index is 12.6. The fourth-order valence-electron chi connectivity index (χ4n) is 3.96. The zero-order chi connectivity index (χ0) is 19.2. The van der Waals surface area contributed by atoms with Crippen LogP contribution in [-0.4, -0.2) is 41.9 Å². The normalized spacial score (nSPS) is 17.5. The van der Waals surface area contributed by atoms with Crippen molar-refractivity contribution in [3.05, 3.63) is 70.7 Å². The first-order valence-electron chi connectivity index (χ1n) is 9.93. The van der Waals surface area contributed by atoms with Gasteiger partial charge in [-0.05, 0) is 29.7 Å². The van der Waals surface area contributed by atoms with Crippen LogP contribution in [0.4, 0.5) is 0 Å². The number of nitrogens with zero attached hydrogens (tertiary/aromatic N) is 2. The number of carbonyl (C=O) groups is 1. The molecule has 1 aliphatic rings. The zero-order valence-corrected chi connectivity index (χ0v) is 17.0. The van der Waals surface area contributed by atoms with Crippen LogP contribution < -0.4 is 0 Å². The van der Waals surface area contributed by atoms with Gasteiger partial charge < -0.3 is 4.90 Å². The second-order valence-electron chi connectivity index (χ2n) is 7.42. The number of hydrogen-bond acceptors (Lipinski definition) is 2. The molecule has 4 heteroatoms. The van der Waals surface area contributed by atoms with E-state index in [2.05, 4.69) is 55.1 Å². The van der Waals surface area contributed by atoms with Gasteiger partial charge in [0.15, 0.2) is 0 Å². The summed E-state index contributed by atoms with van der Waals surface area (Å²) in [5.74, 6) is 0.432. The lowest BCUT2D eigenvalue weighted by molar-refractivity contribution is -0.137. The number of carbonyl (C=O) groups excluding carboxylic acids is 1. The van der Waals surface area contributed by atoms with E-state index < -0.39 is 0 Å². The highest BCUT2D eigenvalue weighted by atomic mass is 35.5. The van der Waals surface area contributed by atoms with Crippen LogP contribution in [0.1, 0.15) is 43.9 Å². The summed E-state index contributed by atoms with van der Waals surface area (Å²) in [5, 5.41) is 0.755. The molecular formula is C23H29ClN2O. The molecule has 1 amide bonds. The molecule has 144 valence electrons. The van der Waals surface area contributed by atoms with Gasteiger partial charge in [0.1, 0.15) is 0 Å². The molecule has 1 heterocycles. The molecule has 27 heavy (non-hydrogen) atoms. The predicted octanol–water partition coefficient (Wildman–Crippen LogP) is 5.01. The number of halogens is 1. The van der Waals surface area contributed by atoms with E-state index in [-0.39, 0.29) is 12.0 Å². The van der Waals surface area contributed by atoms with Gasteiger partial charge in [-0.2, -0.15) is 0 Å². The Hall–Kier alpha value is -1.84. The summed E-state index contributed by atoms with van der Waals surface area (Å²) in [5.41, 5.74) is 2.52. The molecule has 0 radical (unpaired) electrons. The quantitative estimate of drug-likeness (QED) is 0.698. The average molecular weight is 385 g/mol. The van der Waals surface area contributed by atoms with Crippen LogP contribution in [0.25, 0.3) is 0 Å². The van der Waals surface area contributed by atoms with Crippen LogP contribution >= 0.6 is 11.6 Å². The van der Waals surface area contributed by atoms with Crippen LogP contribution in [0.2, 0.25) is 5.02 Å². The lowest BCUT2D eigenvalue weighted by Gasteiger charge is -2.40. The van der Waals surface area contributed by atoms with E-state index >= 15 is 0 Å². The van der Waals surface area contributed by atoms with Crippen LogP contribution in [0.15, 0.2) is 54.6 Å². The van der Waals surface area contributed by atoms with Crippen LogP contribution in [0, 0.1) is 5.92 Å². The smallest absolute Gasteiger partial charge is 0.225 e. The predicted molar refractivity (Wildman–Crippen MR) is 112 cm³/mol. The largest absolute Gasteiger partial charge is 0.340 e. The number of amides is 1. The Kier molecular flexibility index (Phi) is 6.92. The third-order valence-corrected chi connectivity index (χ3v) is 5.69. The van der Waals surface area contributed by atoms with Gasteiger partial charge in [0.2, 0.25) is 5.91 Å². The second kappa shape index (κ2) is 9.38. The van der Waals surface area contributed by atoms with Crippen molar-refractivity contribution in [3.63, 3.8) is 0 Å². The molecule has 3 rings (SSSR count). The van der Waals surface area contributed by atoms with Gasteiger partial charge in [0.05, 0.1) is 6.04 Å². The number of piperazine rings is 1. The highest BCUT2D eigenvalue weighted by Gasteiger charge is 2.29. The highest BCUT2D eigenvalue weighted by molar-refractivity contribution is 6.30. The van der Waals surface area contributed by atoms with Crippen LogP contribution in [0.5, 0.6) is 0 Å². The van der Waals surface area contributed by atoms with E-state index in [1.807, 2.05) is 23.1 Å². The first kappa shape index (κ1) is 19.9. The second-order valence-corrected chi connectivity index (χ2v) is 7.85. The summed E-state index contributed by atoms with van der Waals surface area (Å²) in [6, 6.07) is 18.9. The molecule has 2 aromatic carbocycles. The summed E-state index contributed by atoms with van der Waals surface area (Å²) >= 11 is 6.10. The standard InChI is InChI=1S/C23H29ClN2O/c1-3-7-18(2)23(27)26-16-14-25(15-17-26)22(19-8-5-4-6-9-19)20-10-12-21(24)13-11-20/h4-6,8-13,18,22H,3,7,14-17H2,1-2H3/t18-,22+/m0/s1. The molecule has 0 aromatic heterocycles. The Bertz CT molecular complexity index is 724. The molecule has 1 saturated heterocycles. The Balaban J connectivity index is 1.75. The van der Waals surface area contributed by atoms with E-state index in [1.165, 1.54) is 11.1 Å². The fourth-order valence-corrected chi connectivity index (χ4v) is 4.09. The van der Waals surface area contributed by atoms with Crippen molar-refractivity contribution in [1.82, 2.24) is 9.80 Å². The van der Waals surface area contributed by atoms with Gasteiger partial charge in [-0.1, -0.05) is 74.3 Å². The van der Waals surface area contributed by atoms with Crippen molar-refractivity contribution in [1.29, 1.82) is 0 Å². The van der Waals surface area contributed by atoms with Gasteiger partial charge in [-0.15, -0.1) is 0 Å². The third-order valence-electron chi connectivity index (χ3n) is 5.44. The summed E-state index contributed by atoms with van der Waals surface area (Å²) in [6.45, 7) is 7.55. The first-order valence-corrected chi connectivity index (χ1v) is 10.3. The van der Waals surface area contributed by atoms with E-state index in [0.717, 1.165) is 44.0 Å². The maximum Gasteiger partial charge on any atom is 0.225 e. The topological polar surface area (TPSA) is 23.6 Å². The summed E-state index contributed by atoms with van der Waals surface area (Å²) in [6.07, 6.45) is 2.02. The number of hydrogen-bond donors (Lipinski definition) is 0. The highest BCUT2D eigenvalue weighted by Crippen LogP contribution is 2.30. The van der Waals surface area contributed by atoms with Gasteiger partial charge in [0, 0.05) is 37.1 Å². The molecule has 2 aromatic rings. The zero-order valence-electron chi connectivity index (χ0n) is 16.3.